The second kappa shape index (κ2) is 10.7. The summed E-state index contributed by atoms with van der Waals surface area (Å²) in [6.07, 6.45) is 0. The van der Waals surface area contributed by atoms with Crippen molar-refractivity contribution in [1.82, 2.24) is 4.57 Å². The molecular weight excluding hydrogens is 634 g/mol. The zero-order valence-electron chi connectivity index (χ0n) is 21.9. The second-order valence-corrected chi connectivity index (χ2v) is 13.2. The molecule has 1 N–H and O–H groups in total. The number of hydrogen-bond donors (Lipinski definition) is 1. The number of benzene rings is 4. The number of amides is 3. The molecule has 10 heteroatoms. The van der Waals surface area contributed by atoms with Crippen molar-refractivity contribution in [2.75, 3.05) is 10.2 Å². The maximum atomic E-state index is 13.9. The fourth-order valence-electron chi connectivity index (χ4n) is 5.73. The van der Waals surface area contributed by atoms with Gasteiger partial charge in [0.25, 0.3) is 0 Å². The maximum absolute atomic E-state index is 13.9. The summed E-state index contributed by atoms with van der Waals surface area (Å²) < 4.78 is 2.32. The number of thiazole rings is 1. The number of hydrogen-bond acceptors (Lipinski definition) is 6. The number of aromatic nitrogens is 1. The SMILES string of the molecule is O=C(Cn1c2c(sc1=O)[C@@H](c1ccc(Br)cc1)[C@@H]1C(=O)N(c3ccccc3)C(=O)[C@@H]1S2)Nc1ccc2ccccc2c1. The first kappa shape index (κ1) is 26.9. The standard InChI is InChI=1S/C32H22BrN3O4S2/c33-21-13-10-19(11-14-21)25-26-27(30(39)36(29(26)38)23-8-2-1-3-9-23)41-31-28(25)42-32(40)35(31)17-24(37)34-22-15-12-18-6-4-5-7-20(18)16-22/h1-16,25-27H,17H2,(H,34,37)/t25-,26-,27+/m0/s1. The summed E-state index contributed by atoms with van der Waals surface area (Å²) in [6, 6.07) is 30.0. The number of halogens is 1. The Labute approximate surface area is 257 Å². The molecule has 2 aliphatic heterocycles. The molecule has 0 aliphatic carbocycles. The smallest absolute Gasteiger partial charge is 0.308 e. The van der Waals surface area contributed by atoms with Crippen molar-refractivity contribution >= 4 is 78.9 Å². The number of thioether (sulfide) groups is 1. The number of para-hydroxylation sites is 1. The maximum Gasteiger partial charge on any atom is 0.308 e. The Balaban J connectivity index is 1.26. The largest absolute Gasteiger partial charge is 0.325 e. The minimum atomic E-state index is -0.734. The summed E-state index contributed by atoms with van der Waals surface area (Å²) in [5.41, 5.74) is 1.98. The molecule has 0 radical (unpaired) electrons. The second-order valence-electron chi connectivity index (χ2n) is 10.2. The normalized spacial score (nSPS) is 19.5. The highest BCUT2D eigenvalue weighted by Crippen LogP contribution is 2.53. The predicted molar refractivity (Wildman–Crippen MR) is 169 cm³/mol. The first-order valence-electron chi connectivity index (χ1n) is 13.3. The lowest BCUT2D eigenvalue weighted by Crippen LogP contribution is -2.33. The van der Waals surface area contributed by atoms with E-state index in [2.05, 4.69) is 21.2 Å². The number of anilines is 2. The van der Waals surface area contributed by atoms with Gasteiger partial charge in [0.2, 0.25) is 17.7 Å². The molecule has 3 atom stereocenters. The summed E-state index contributed by atoms with van der Waals surface area (Å²) >= 11 is 5.72. The zero-order chi connectivity index (χ0) is 29.0. The van der Waals surface area contributed by atoms with Gasteiger partial charge in [0.15, 0.2) is 0 Å². The zero-order valence-corrected chi connectivity index (χ0v) is 25.1. The first-order valence-corrected chi connectivity index (χ1v) is 15.7. The molecular formula is C32H22BrN3O4S2. The van der Waals surface area contributed by atoms with Crippen LogP contribution in [0.5, 0.6) is 0 Å². The molecule has 4 aromatic carbocycles. The third kappa shape index (κ3) is 4.59. The Bertz CT molecular complexity index is 1940. The fourth-order valence-corrected chi connectivity index (χ4v) is 8.76. The highest BCUT2D eigenvalue weighted by molar-refractivity contribution is 9.10. The molecule has 0 unspecified atom stereocenters. The molecule has 1 saturated heterocycles. The van der Waals surface area contributed by atoms with Crippen LogP contribution in [-0.2, 0) is 20.9 Å². The number of rotatable bonds is 5. The van der Waals surface area contributed by atoms with Gasteiger partial charge in [0.1, 0.15) is 11.8 Å². The van der Waals surface area contributed by atoms with E-state index in [0.29, 0.717) is 21.3 Å². The number of carbonyl (C=O) groups is 3. The summed E-state index contributed by atoms with van der Waals surface area (Å²) in [5, 5.41) is 4.79. The van der Waals surface area contributed by atoms with Crippen LogP contribution in [0.4, 0.5) is 11.4 Å². The molecule has 0 saturated carbocycles. The number of imide groups is 1. The predicted octanol–water partition coefficient (Wildman–Crippen LogP) is 6.26. The first-order chi connectivity index (χ1) is 20.4. The molecule has 3 amide bonds. The van der Waals surface area contributed by atoms with Gasteiger partial charge in [0.05, 0.1) is 16.6 Å². The molecule has 42 heavy (non-hydrogen) atoms. The number of nitrogens with one attached hydrogen (secondary N) is 1. The van der Waals surface area contributed by atoms with E-state index in [9.17, 15) is 19.2 Å². The molecule has 0 bridgehead atoms. The lowest BCUT2D eigenvalue weighted by molar-refractivity contribution is -0.122. The third-order valence-electron chi connectivity index (χ3n) is 7.63. The van der Waals surface area contributed by atoms with E-state index in [0.717, 1.165) is 32.1 Å². The van der Waals surface area contributed by atoms with Gasteiger partial charge in [-0.25, -0.2) is 4.90 Å². The Hall–Kier alpha value is -3.99. The van der Waals surface area contributed by atoms with Crippen LogP contribution in [-0.4, -0.2) is 27.5 Å². The monoisotopic (exact) mass is 655 g/mol. The van der Waals surface area contributed by atoms with E-state index in [-0.39, 0.29) is 29.1 Å². The van der Waals surface area contributed by atoms with E-state index in [1.165, 1.54) is 21.2 Å². The molecule has 7 nitrogen and oxygen atoms in total. The van der Waals surface area contributed by atoms with E-state index >= 15 is 0 Å². The molecule has 1 fully saturated rings. The highest BCUT2D eigenvalue weighted by atomic mass is 79.9. The van der Waals surface area contributed by atoms with Gasteiger partial charge in [-0.2, -0.15) is 0 Å². The van der Waals surface area contributed by atoms with Crippen LogP contribution in [0.1, 0.15) is 16.4 Å². The van der Waals surface area contributed by atoms with Crippen molar-refractivity contribution in [2.45, 2.75) is 22.7 Å². The Morgan fingerprint density at radius 1 is 0.833 bits per heavy atom. The lowest BCUT2D eigenvalue weighted by Gasteiger charge is -2.30. The van der Waals surface area contributed by atoms with E-state index in [1.54, 1.807) is 24.3 Å². The van der Waals surface area contributed by atoms with Crippen molar-refractivity contribution in [3.63, 3.8) is 0 Å². The van der Waals surface area contributed by atoms with E-state index in [1.807, 2.05) is 72.8 Å². The van der Waals surface area contributed by atoms with Gasteiger partial charge >= 0.3 is 4.87 Å². The van der Waals surface area contributed by atoms with Crippen LogP contribution >= 0.6 is 39.0 Å². The van der Waals surface area contributed by atoms with Gasteiger partial charge in [-0.3, -0.25) is 23.7 Å². The van der Waals surface area contributed by atoms with Crippen LogP contribution in [0, 0.1) is 5.92 Å². The average Bonchev–Trinajstić information content (AvgIpc) is 3.44. The number of carbonyl (C=O) groups excluding carboxylic acids is 3. The van der Waals surface area contributed by atoms with Crippen molar-refractivity contribution in [3.05, 3.63) is 122 Å². The van der Waals surface area contributed by atoms with Gasteiger partial charge in [0, 0.05) is 21.0 Å². The quantitative estimate of drug-likeness (QED) is 0.226. The molecule has 5 aromatic rings. The molecule has 2 aliphatic rings. The van der Waals surface area contributed by atoms with Gasteiger partial charge in [-0.05, 0) is 52.7 Å². The summed E-state index contributed by atoms with van der Waals surface area (Å²) in [5.74, 6) is -2.15. The molecule has 3 heterocycles. The topological polar surface area (TPSA) is 88.5 Å². The van der Waals surface area contributed by atoms with Gasteiger partial charge in [-0.1, -0.05) is 99.7 Å². The summed E-state index contributed by atoms with van der Waals surface area (Å²) in [4.78, 5) is 55.9. The Morgan fingerprint density at radius 3 is 2.31 bits per heavy atom. The highest BCUT2D eigenvalue weighted by Gasteiger charge is 2.56. The number of fused-ring (bicyclic) bond motifs is 3. The minimum Gasteiger partial charge on any atom is -0.325 e. The number of nitrogens with zero attached hydrogens (tertiary/aromatic N) is 2. The van der Waals surface area contributed by atoms with E-state index in [4.69, 9.17) is 0 Å². The van der Waals surface area contributed by atoms with Crippen LogP contribution in [0.2, 0.25) is 0 Å². The van der Waals surface area contributed by atoms with Crippen LogP contribution in [0.25, 0.3) is 10.8 Å². The van der Waals surface area contributed by atoms with Crippen molar-refractivity contribution in [1.29, 1.82) is 0 Å². The van der Waals surface area contributed by atoms with Crippen LogP contribution in [0.3, 0.4) is 0 Å². The summed E-state index contributed by atoms with van der Waals surface area (Å²) in [6.45, 7) is -0.209. The fraction of sp³-hybridized carbons (Fsp3) is 0.125. The van der Waals surface area contributed by atoms with Crippen molar-refractivity contribution in [3.8, 4) is 0 Å². The lowest BCUT2D eigenvalue weighted by atomic mass is 9.83. The Morgan fingerprint density at radius 2 is 1.55 bits per heavy atom. The average molecular weight is 657 g/mol. The Kier molecular flexibility index (Phi) is 6.84. The van der Waals surface area contributed by atoms with Gasteiger partial charge in [-0.15, -0.1) is 0 Å². The van der Waals surface area contributed by atoms with Crippen LogP contribution in [0.15, 0.2) is 111 Å². The molecule has 208 valence electrons. The minimum absolute atomic E-state index is 0.209. The molecule has 0 spiro atoms. The van der Waals surface area contributed by atoms with E-state index < -0.39 is 17.1 Å². The van der Waals surface area contributed by atoms with Gasteiger partial charge < -0.3 is 5.32 Å². The summed E-state index contributed by atoms with van der Waals surface area (Å²) in [7, 11) is 0. The molecule has 7 rings (SSSR count). The molecule has 1 aromatic heterocycles. The van der Waals surface area contributed by atoms with Crippen LogP contribution < -0.4 is 15.1 Å². The third-order valence-corrected chi connectivity index (χ3v) is 10.8. The van der Waals surface area contributed by atoms with Crippen molar-refractivity contribution < 1.29 is 14.4 Å². The van der Waals surface area contributed by atoms with Crippen molar-refractivity contribution in [2.24, 2.45) is 5.92 Å².